The quantitative estimate of drug-likeness (QED) is 0.199. The number of nitrogens with one attached hydrogen (secondary N) is 3. The van der Waals surface area contributed by atoms with Crippen LogP contribution in [0, 0.1) is 5.41 Å². The first-order valence-electron chi connectivity index (χ1n) is 15.2. The Kier molecular flexibility index (Phi) is 10.2. The van der Waals surface area contributed by atoms with Gasteiger partial charge < -0.3 is 19.9 Å². The number of alkyl carbamates (subject to hydrolysis) is 1. The van der Waals surface area contributed by atoms with Gasteiger partial charge in [-0.2, -0.15) is 0 Å². The molecule has 238 valence electrons. The summed E-state index contributed by atoms with van der Waals surface area (Å²) in [5.41, 5.74) is 3.08. The largest absolute Gasteiger partial charge is 0.446 e. The first-order valence-corrected chi connectivity index (χ1v) is 16.8. The van der Waals surface area contributed by atoms with E-state index in [4.69, 9.17) is 15.3 Å². The van der Waals surface area contributed by atoms with Gasteiger partial charge in [-0.15, -0.1) is 0 Å². The first kappa shape index (κ1) is 32.1. The van der Waals surface area contributed by atoms with E-state index in [9.17, 15) is 18.0 Å². The summed E-state index contributed by atoms with van der Waals surface area (Å²) in [5.74, 6) is -0.0595. The maximum Gasteiger partial charge on any atom is 0.413 e. The number of amides is 3. The zero-order valence-corrected chi connectivity index (χ0v) is 26.2. The molecule has 0 bridgehead atoms. The third-order valence-electron chi connectivity index (χ3n) is 8.40. The number of carbonyl (C=O) groups is 2. The summed E-state index contributed by atoms with van der Waals surface area (Å²) in [5, 5.41) is 19.4. The molecule has 1 saturated heterocycles. The second-order valence-corrected chi connectivity index (χ2v) is 13.3. The molecular weight excluding hydrogens is 592 g/mol. The van der Waals surface area contributed by atoms with Crippen LogP contribution < -0.4 is 15.8 Å². The SMILES string of the molecule is CN1CCC(OC(=O)NC(=N)c2cccc(CN(C(=O)Nc3ccc(-c4ccccc4S(N)(=O)=O)cc3)C3CCCC3)c2)CC1. The van der Waals surface area contributed by atoms with E-state index in [1.165, 1.54) is 6.07 Å². The molecule has 3 amide bonds. The van der Waals surface area contributed by atoms with Gasteiger partial charge in [0, 0.05) is 42.5 Å². The predicted octanol–water partition coefficient (Wildman–Crippen LogP) is 5.12. The number of amidine groups is 1. The number of nitrogens with zero attached hydrogens (tertiary/aromatic N) is 2. The molecule has 0 aromatic heterocycles. The lowest BCUT2D eigenvalue weighted by Gasteiger charge is -2.29. The van der Waals surface area contributed by atoms with Crippen molar-refractivity contribution in [1.29, 1.82) is 5.41 Å². The fourth-order valence-electron chi connectivity index (χ4n) is 5.94. The topological polar surface area (TPSA) is 158 Å². The van der Waals surface area contributed by atoms with Gasteiger partial charge in [0.25, 0.3) is 0 Å². The van der Waals surface area contributed by atoms with Crippen molar-refractivity contribution in [2.45, 2.75) is 62.1 Å². The van der Waals surface area contributed by atoms with Gasteiger partial charge in [-0.3, -0.25) is 10.7 Å². The second-order valence-electron chi connectivity index (χ2n) is 11.7. The predicted molar refractivity (Wildman–Crippen MR) is 173 cm³/mol. The number of likely N-dealkylation sites (tertiary alicyclic amines) is 1. The van der Waals surface area contributed by atoms with Gasteiger partial charge in [-0.05, 0) is 68.1 Å². The number of piperidine rings is 1. The van der Waals surface area contributed by atoms with Crippen LogP contribution in [0.3, 0.4) is 0 Å². The Morgan fingerprint density at radius 2 is 1.67 bits per heavy atom. The summed E-state index contributed by atoms with van der Waals surface area (Å²) in [6.07, 6.45) is 4.62. The van der Waals surface area contributed by atoms with Gasteiger partial charge in [0.05, 0.1) is 4.90 Å². The van der Waals surface area contributed by atoms with E-state index in [0.717, 1.165) is 57.2 Å². The molecule has 12 heteroatoms. The van der Waals surface area contributed by atoms with E-state index in [2.05, 4.69) is 15.5 Å². The van der Waals surface area contributed by atoms with Crippen LogP contribution in [0.15, 0.2) is 77.7 Å². The molecule has 1 aliphatic heterocycles. The number of hydrogen-bond acceptors (Lipinski definition) is 7. The molecule has 2 aliphatic rings. The molecule has 3 aromatic carbocycles. The number of primary sulfonamides is 1. The molecule has 1 saturated carbocycles. The van der Waals surface area contributed by atoms with E-state index in [1.807, 2.05) is 30.1 Å². The number of anilines is 1. The zero-order chi connectivity index (χ0) is 32.0. The second kappa shape index (κ2) is 14.2. The van der Waals surface area contributed by atoms with E-state index in [0.29, 0.717) is 28.9 Å². The van der Waals surface area contributed by atoms with Crippen molar-refractivity contribution in [2.24, 2.45) is 5.14 Å². The van der Waals surface area contributed by atoms with Crippen LogP contribution in [0.25, 0.3) is 11.1 Å². The van der Waals surface area contributed by atoms with E-state index in [-0.39, 0.29) is 28.9 Å². The van der Waals surface area contributed by atoms with Gasteiger partial charge in [0.2, 0.25) is 10.0 Å². The number of benzene rings is 3. The fraction of sp³-hybridized carbons (Fsp3) is 0.364. The van der Waals surface area contributed by atoms with Crippen LogP contribution >= 0.6 is 0 Å². The van der Waals surface area contributed by atoms with Gasteiger partial charge in [-0.25, -0.2) is 23.1 Å². The number of rotatable bonds is 8. The van der Waals surface area contributed by atoms with E-state index >= 15 is 0 Å². The van der Waals surface area contributed by atoms with Crippen LogP contribution in [0.1, 0.15) is 49.7 Å². The minimum atomic E-state index is -3.90. The van der Waals surface area contributed by atoms with Crippen LogP contribution in [-0.2, 0) is 21.3 Å². The van der Waals surface area contributed by atoms with Crippen molar-refractivity contribution in [3.63, 3.8) is 0 Å². The van der Waals surface area contributed by atoms with Crippen LogP contribution in [0.4, 0.5) is 15.3 Å². The monoisotopic (exact) mass is 632 g/mol. The summed E-state index contributed by atoms with van der Waals surface area (Å²) < 4.78 is 29.6. The molecule has 0 atom stereocenters. The molecule has 5 N–H and O–H groups in total. The first-order chi connectivity index (χ1) is 21.6. The van der Waals surface area contributed by atoms with Crippen molar-refractivity contribution in [3.05, 3.63) is 83.9 Å². The Hall–Kier alpha value is -4.26. The van der Waals surface area contributed by atoms with Crippen LogP contribution in [0.5, 0.6) is 0 Å². The lowest BCUT2D eigenvalue weighted by atomic mass is 10.1. The number of hydrogen-bond donors (Lipinski definition) is 4. The van der Waals surface area contributed by atoms with Gasteiger partial charge in [0.15, 0.2) is 0 Å². The van der Waals surface area contributed by atoms with Crippen molar-refractivity contribution in [2.75, 3.05) is 25.5 Å². The molecule has 0 unspecified atom stereocenters. The highest BCUT2D eigenvalue weighted by molar-refractivity contribution is 7.89. The molecule has 11 nitrogen and oxygen atoms in total. The van der Waals surface area contributed by atoms with Crippen molar-refractivity contribution < 1.29 is 22.7 Å². The molecular formula is C33H40N6O5S. The van der Waals surface area contributed by atoms with Gasteiger partial charge >= 0.3 is 12.1 Å². The molecule has 0 radical (unpaired) electrons. The number of carbonyl (C=O) groups excluding carboxylic acids is 2. The average molecular weight is 633 g/mol. The zero-order valence-electron chi connectivity index (χ0n) is 25.4. The summed E-state index contributed by atoms with van der Waals surface area (Å²) >= 11 is 0. The number of ether oxygens (including phenoxy) is 1. The standard InChI is InChI=1S/C33H40N6O5S/c1-38-19-17-28(18-20-38)44-33(41)37-31(34)25-8-6-7-23(21-25)22-39(27-9-2-3-10-27)32(40)36-26-15-13-24(14-16-26)29-11-4-5-12-30(29)45(35,42)43/h4-8,11-16,21,27-28H,2-3,9-10,17-20,22H2,1H3,(H,36,40)(H2,34,37,41)(H2,35,42,43). The molecule has 3 aromatic rings. The minimum absolute atomic E-state index is 0.0360. The summed E-state index contributed by atoms with van der Waals surface area (Å²) in [7, 11) is -1.86. The molecule has 45 heavy (non-hydrogen) atoms. The Morgan fingerprint density at radius 1 is 0.978 bits per heavy atom. The van der Waals surface area contributed by atoms with E-state index < -0.39 is 16.1 Å². The number of urea groups is 1. The highest BCUT2D eigenvalue weighted by Gasteiger charge is 2.27. The lowest BCUT2D eigenvalue weighted by Crippen LogP contribution is -2.41. The molecule has 0 spiro atoms. The van der Waals surface area contributed by atoms with Crippen molar-refractivity contribution in [3.8, 4) is 11.1 Å². The summed E-state index contributed by atoms with van der Waals surface area (Å²) in [6, 6.07) is 20.6. The third-order valence-corrected chi connectivity index (χ3v) is 9.37. The smallest absolute Gasteiger partial charge is 0.413 e. The highest BCUT2D eigenvalue weighted by Crippen LogP contribution is 2.29. The fourth-order valence-corrected chi connectivity index (χ4v) is 6.70. The summed E-state index contributed by atoms with van der Waals surface area (Å²) in [4.78, 5) is 30.1. The normalized spacial score (nSPS) is 16.2. The minimum Gasteiger partial charge on any atom is -0.446 e. The maximum atomic E-state index is 13.6. The summed E-state index contributed by atoms with van der Waals surface area (Å²) in [6.45, 7) is 2.06. The Bertz CT molecular complexity index is 1630. The number of sulfonamides is 1. The van der Waals surface area contributed by atoms with Crippen LogP contribution in [-0.4, -0.2) is 68.5 Å². The van der Waals surface area contributed by atoms with Gasteiger partial charge in [-0.1, -0.05) is 61.4 Å². The van der Waals surface area contributed by atoms with Crippen LogP contribution in [0.2, 0.25) is 0 Å². The van der Waals surface area contributed by atoms with Crippen molar-refractivity contribution >= 4 is 33.7 Å². The lowest BCUT2D eigenvalue weighted by molar-refractivity contribution is 0.0602. The Balaban J connectivity index is 1.25. The highest BCUT2D eigenvalue weighted by atomic mass is 32.2. The molecule has 2 fully saturated rings. The molecule has 1 aliphatic carbocycles. The Labute approximate surface area is 264 Å². The average Bonchev–Trinajstić information content (AvgIpc) is 3.56. The van der Waals surface area contributed by atoms with Gasteiger partial charge in [0.1, 0.15) is 11.9 Å². The molecule has 5 rings (SSSR count). The Morgan fingerprint density at radius 3 is 2.36 bits per heavy atom. The maximum absolute atomic E-state index is 13.6. The number of nitrogens with two attached hydrogens (primary N) is 1. The third kappa shape index (κ3) is 8.47. The van der Waals surface area contributed by atoms with E-state index in [1.54, 1.807) is 48.5 Å². The van der Waals surface area contributed by atoms with Crippen molar-refractivity contribution in [1.82, 2.24) is 15.1 Å². The molecule has 1 heterocycles.